The molecule has 0 aliphatic heterocycles. The number of benzene rings is 1. The van der Waals surface area contributed by atoms with Gasteiger partial charge in [-0.3, -0.25) is 4.79 Å². The molecular weight excluding hydrogens is 396 g/mol. The second-order valence-electron chi connectivity index (χ2n) is 3.76. The molecule has 0 atom stereocenters. The molecule has 0 saturated heterocycles. The van der Waals surface area contributed by atoms with Crippen molar-refractivity contribution < 1.29 is 26.7 Å². The molecule has 20 heavy (non-hydrogen) atoms. The number of allylic oxidation sites excluding steroid dienone is 1. The highest BCUT2D eigenvalue weighted by molar-refractivity contribution is 14.1. The van der Waals surface area contributed by atoms with E-state index >= 15 is 0 Å². The molecule has 0 radical (unpaired) electrons. The van der Waals surface area contributed by atoms with Crippen LogP contribution in [0.5, 0.6) is 0 Å². The lowest BCUT2D eigenvalue weighted by Gasteiger charge is -2.16. The minimum atomic E-state index is -5.65. The van der Waals surface area contributed by atoms with Crippen molar-refractivity contribution in [3.8, 4) is 0 Å². The van der Waals surface area contributed by atoms with Gasteiger partial charge in [0.05, 0.1) is 0 Å². The number of nitrogens with one attached hydrogen (secondary N) is 1. The Morgan fingerprint density at radius 3 is 2.20 bits per heavy atom. The van der Waals surface area contributed by atoms with Crippen LogP contribution in [0, 0.1) is 0 Å². The molecule has 110 valence electrons. The van der Waals surface area contributed by atoms with Gasteiger partial charge in [-0.25, -0.2) is 0 Å². The Morgan fingerprint density at radius 1 is 1.15 bits per heavy atom. The number of alkyl halides is 5. The predicted molar refractivity (Wildman–Crippen MR) is 71.9 cm³/mol. The van der Waals surface area contributed by atoms with Gasteiger partial charge in [0, 0.05) is 21.8 Å². The van der Waals surface area contributed by atoms with Crippen LogP contribution < -0.4 is 5.32 Å². The third kappa shape index (κ3) is 4.73. The third-order valence-electron chi connectivity index (χ3n) is 2.17. The smallest absolute Gasteiger partial charge is 0.348 e. The Kier molecular flexibility index (Phi) is 5.49. The number of hydrogen-bond donors (Lipinski definition) is 1. The van der Waals surface area contributed by atoms with Crippen molar-refractivity contribution in [2.24, 2.45) is 0 Å². The zero-order valence-electron chi connectivity index (χ0n) is 9.85. The number of carbonyl (C=O) groups is 1. The lowest BCUT2D eigenvalue weighted by molar-refractivity contribution is -0.259. The van der Waals surface area contributed by atoms with Crippen LogP contribution in [0.4, 0.5) is 22.0 Å². The number of carbonyl (C=O) groups excluding carboxylic acids is 1. The molecule has 0 fully saturated rings. The minimum absolute atomic E-state index is 0.209. The van der Waals surface area contributed by atoms with Gasteiger partial charge in [0.25, 0.3) is 5.91 Å². The highest BCUT2D eigenvalue weighted by Gasteiger charge is 2.55. The van der Waals surface area contributed by atoms with E-state index in [-0.39, 0.29) is 9.66 Å². The molecule has 1 rings (SSSR count). The van der Waals surface area contributed by atoms with E-state index in [0.29, 0.717) is 5.56 Å². The molecule has 0 aromatic heterocycles. The summed E-state index contributed by atoms with van der Waals surface area (Å²) in [5, 5.41) is 2.26. The Bertz CT molecular complexity index is 498. The highest BCUT2D eigenvalue weighted by atomic mass is 127. The number of amides is 1. The van der Waals surface area contributed by atoms with Crippen molar-refractivity contribution in [2.45, 2.75) is 12.1 Å². The quantitative estimate of drug-likeness (QED) is 0.597. The van der Waals surface area contributed by atoms with Gasteiger partial charge in [0.2, 0.25) is 0 Å². The van der Waals surface area contributed by atoms with Gasteiger partial charge in [0.15, 0.2) is 0 Å². The van der Waals surface area contributed by atoms with Crippen LogP contribution in [0.15, 0.2) is 40.0 Å². The second kappa shape index (κ2) is 6.51. The van der Waals surface area contributed by atoms with Crippen molar-refractivity contribution in [1.29, 1.82) is 0 Å². The molecule has 1 aromatic carbocycles. The minimum Gasteiger partial charge on any atom is -0.348 e. The third-order valence-corrected chi connectivity index (χ3v) is 2.86. The van der Waals surface area contributed by atoms with Gasteiger partial charge in [-0.2, -0.15) is 22.0 Å². The number of hydrogen-bond acceptors (Lipinski definition) is 1. The Labute approximate surface area is 125 Å². The van der Waals surface area contributed by atoms with E-state index in [4.69, 9.17) is 0 Å². The average molecular weight is 405 g/mol. The molecule has 0 aliphatic carbocycles. The van der Waals surface area contributed by atoms with Crippen LogP contribution in [-0.4, -0.2) is 24.6 Å². The second-order valence-corrected chi connectivity index (χ2v) is 5.15. The van der Waals surface area contributed by atoms with Gasteiger partial charge in [-0.05, 0) is 34.7 Å². The molecule has 0 bridgehead atoms. The van der Waals surface area contributed by atoms with Crippen molar-refractivity contribution in [3.63, 3.8) is 0 Å². The SMILES string of the molecule is O=C(NCC(I)=CC(F)(F)C(F)(F)F)c1ccccc1. The van der Waals surface area contributed by atoms with Crippen molar-refractivity contribution in [3.05, 3.63) is 45.6 Å². The summed E-state index contributed by atoms with van der Waals surface area (Å²) in [7, 11) is 0. The summed E-state index contributed by atoms with van der Waals surface area (Å²) < 4.78 is 61.0. The van der Waals surface area contributed by atoms with Gasteiger partial charge < -0.3 is 5.32 Å². The lowest BCUT2D eigenvalue weighted by Crippen LogP contribution is -2.35. The van der Waals surface area contributed by atoms with Crippen LogP contribution >= 0.6 is 22.6 Å². The Balaban J connectivity index is 2.64. The fourth-order valence-corrected chi connectivity index (χ4v) is 1.77. The molecule has 0 spiro atoms. The molecule has 1 aromatic rings. The molecule has 1 N–H and O–H groups in total. The van der Waals surface area contributed by atoms with E-state index in [9.17, 15) is 26.7 Å². The summed E-state index contributed by atoms with van der Waals surface area (Å²) >= 11 is 1.33. The molecule has 1 amide bonds. The van der Waals surface area contributed by atoms with E-state index < -0.39 is 24.6 Å². The predicted octanol–water partition coefficient (Wildman–Crippen LogP) is 3.93. The Morgan fingerprint density at radius 2 is 1.70 bits per heavy atom. The summed E-state index contributed by atoms with van der Waals surface area (Å²) in [6, 6.07) is 7.89. The van der Waals surface area contributed by atoms with Crippen LogP contribution in [0.2, 0.25) is 0 Å². The van der Waals surface area contributed by atoms with E-state index in [2.05, 4.69) is 5.32 Å². The van der Waals surface area contributed by atoms with Crippen molar-refractivity contribution in [2.75, 3.05) is 6.54 Å². The fraction of sp³-hybridized carbons (Fsp3) is 0.250. The molecular formula is C12H9F5INO. The molecule has 0 aliphatic rings. The summed E-state index contributed by atoms with van der Waals surface area (Å²) in [5.41, 5.74) is 0.291. The summed E-state index contributed by atoms with van der Waals surface area (Å²) in [6.45, 7) is -0.403. The molecule has 2 nitrogen and oxygen atoms in total. The maximum atomic E-state index is 12.7. The van der Waals surface area contributed by atoms with Gasteiger partial charge in [0.1, 0.15) is 0 Å². The normalized spacial score (nSPS) is 13.2. The summed E-state index contributed by atoms with van der Waals surface area (Å²) in [5.74, 6) is -5.47. The maximum Gasteiger partial charge on any atom is 0.457 e. The first-order valence-electron chi connectivity index (χ1n) is 5.28. The lowest BCUT2D eigenvalue weighted by atomic mass is 10.2. The highest BCUT2D eigenvalue weighted by Crippen LogP contribution is 2.37. The first kappa shape index (κ1) is 16.9. The van der Waals surface area contributed by atoms with Gasteiger partial charge in [-0.1, -0.05) is 18.2 Å². The number of halogens is 6. The fourth-order valence-electron chi connectivity index (χ4n) is 1.19. The van der Waals surface area contributed by atoms with Crippen LogP contribution in [0.25, 0.3) is 0 Å². The molecule has 0 heterocycles. The topological polar surface area (TPSA) is 29.1 Å². The van der Waals surface area contributed by atoms with Gasteiger partial charge >= 0.3 is 12.1 Å². The van der Waals surface area contributed by atoms with Crippen molar-refractivity contribution >= 4 is 28.5 Å². The first-order chi connectivity index (χ1) is 9.13. The molecule has 0 saturated carbocycles. The monoisotopic (exact) mass is 405 g/mol. The van der Waals surface area contributed by atoms with Crippen LogP contribution in [0.3, 0.4) is 0 Å². The van der Waals surface area contributed by atoms with Crippen LogP contribution in [-0.2, 0) is 0 Å². The van der Waals surface area contributed by atoms with E-state index in [1.165, 1.54) is 34.7 Å². The van der Waals surface area contributed by atoms with E-state index in [1.807, 2.05) is 0 Å². The Hall–Kier alpha value is -1.19. The van der Waals surface area contributed by atoms with E-state index in [0.717, 1.165) is 0 Å². The standard InChI is InChI=1S/C12H9F5INO/c13-11(14,12(15,16)17)6-9(18)7-19-10(20)8-4-2-1-3-5-8/h1-6H,7H2,(H,19,20). The van der Waals surface area contributed by atoms with Gasteiger partial charge in [-0.15, -0.1) is 0 Å². The zero-order valence-corrected chi connectivity index (χ0v) is 12.0. The van der Waals surface area contributed by atoms with Crippen molar-refractivity contribution in [1.82, 2.24) is 5.32 Å². The summed E-state index contributed by atoms with van der Waals surface area (Å²) in [4.78, 5) is 11.6. The van der Waals surface area contributed by atoms with E-state index in [1.54, 1.807) is 18.2 Å². The number of rotatable bonds is 4. The zero-order chi connectivity index (χ0) is 15.4. The summed E-state index contributed by atoms with van der Waals surface area (Å²) in [6.07, 6.45) is -5.86. The largest absolute Gasteiger partial charge is 0.457 e. The maximum absolute atomic E-state index is 12.7. The molecule has 0 unspecified atom stereocenters. The molecule has 8 heteroatoms. The first-order valence-corrected chi connectivity index (χ1v) is 6.36. The average Bonchev–Trinajstić information content (AvgIpc) is 2.35. The van der Waals surface area contributed by atoms with Crippen LogP contribution in [0.1, 0.15) is 10.4 Å².